The van der Waals surface area contributed by atoms with E-state index in [2.05, 4.69) is 4.98 Å². The van der Waals surface area contributed by atoms with Crippen molar-refractivity contribution in [3.05, 3.63) is 67.2 Å². The van der Waals surface area contributed by atoms with Crippen LogP contribution in [0.1, 0.15) is 24.5 Å². The molecule has 106 valence electrons. The molecule has 0 aliphatic heterocycles. The van der Waals surface area contributed by atoms with Crippen molar-refractivity contribution >= 4 is 11.6 Å². The third-order valence-electron chi connectivity index (χ3n) is 2.96. The van der Waals surface area contributed by atoms with Crippen molar-refractivity contribution in [1.29, 1.82) is 0 Å². The van der Waals surface area contributed by atoms with Crippen LogP contribution in [0, 0.1) is 5.82 Å². The first-order valence-corrected chi connectivity index (χ1v) is 6.66. The molecule has 20 heavy (non-hydrogen) atoms. The maximum atomic E-state index is 13.1. The largest absolute Gasteiger partial charge is 0.329 e. The zero-order valence-corrected chi connectivity index (χ0v) is 11.7. The second kappa shape index (κ2) is 6.05. The van der Waals surface area contributed by atoms with Gasteiger partial charge in [-0.3, -0.25) is 14.3 Å². The van der Waals surface area contributed by atoms with Crippen LogP contribution in [0.15, 0.2) is 33.9 Å². The van der Waals surface area contributed by atoms with Crippen LogP contribution in [0.4, 0.5) is 4.39 Å². The van der Waals surface area contributed by atoms with Gasteiger partial charge in [0.2, 0.25) is 0 Å². The highest BCUT2D eigenvalue weighted by Gasteiger charge is 2.12. The van der Waals surface area contributed by atoms with E-state index in [1.54, 1.807) is 6.07 Å². The maximum Gasteiger partial charge on any atom is 0.329 e. The van der Waals surface area contributed by atoms with E-state index in [0.29, 0.717) is 17.5 Å². The predicted octanol–water partition coefficient (Wildman–Crippen LogP) is 2.33. The molecule has 0 aliphatic carbocycles. The summed E-state index contributed by atoms with van der Waals surface area (Å²) in [4.78, 5) is 26.5. The Balaban J connectivity index is 2.49. The lowest BCUT2D eigenvalue weighted by Crippen LogP contribution is -2.37. The molecule has 6 heteroatoms. The van der Waals surface area contributed by atoms with Crippen LogP contribution in [0.25, 0.3) is 0 Å². The summed E-state index contributed by atoms with van der Waals surface area (Å²) in [6.07, 6.45) is 1.22. The number of hydrogen-bond donors (Lipinski definition) is 1. The van der Waals surface area contributed by atoms with Gasteiger partial charge in [-0.2, -0.15) is 0 Å². The van der Waals surface area contributed by atoms with Crippen LogP contribution in [-0.2, 0) is 13.0 Å². The number of H-pyrrole nitrogens is 1. The second-order valence-corrected chi connectivity index (χ2v) is 4.87. The molecule has 2 aromatic rings. The van der Waals surface area contributed by atoms with Crippen molar-refractivity contribution in [2.24, 2.45) is 0 Å². The minimum absolute atomic E-state index is 0.0137. The zero-order valence-electron chi connectivity index (χ0n) is 11.0. The first-order valence-electron chi connectivity index (χ1n) is 6.29. The summed E-state index contributed by atoms with van der Waals surface area (Å²) in [5, 5.41) is 0.0809. The number of nitrogens with zero attached hydrogens (tertiary/aromatic N) is 1. The van der Waals surface area contributed by atoms with Crippen LogP contribution in [0.5, 0.6) is 0 Å². The number of benzene rings is 1. The summed E-state index contributed by atoms with van der Waals surface area (Å²) < 4.78 is 14.2. The average Bonchev–Trinajstić information content (AvgIpc) is 2.39. The quantitative estimate of drug-likeness (QED) is 0.881. The van der Waals surface area contributed by atoms with Crippen LogP contribution in [-0.4, -0.2) is 9.55 Å². The van der Waals surface area contributed by atoms with Crippen molar-refractivity contribution < 1.29 is 4.39 Å². The van der Waals surface area contributed by atoms with Gasteiger partial charge < -0.3 is 0 Å². The Labute approximate surface area is 119 Å². The molecule has 4 nitrogen and oxygen atoms in total. The third-order valence-corrected chi connectivity index (χ3v) is 3.28. The van der Waals surface area contributed by atoms with Gasteiger partial charge in [0.1, 0.15) is 11.0 Å². The van der Waals surface area contributed by atoms with Gasteiger partial charge in [0, 0.05) is 0 Å². The van der Waals surface area contributed by atoms with Gasteiger partial charge in [0.05, 0.1) is 12.1 Å². The lowest BCUT2D eigenvalue weighted by Gasteiger charge is -2.08. The lowest BCUT2D eigenvalue weighted by molar-refractivity contribution is 0.619. The maximum absolute atomic E-state index is 13.1. The molecule has 2 rings (SSSR count). The fourth-order valence-corrected chi connectivity index (χ4v) is 2.27. The van der Waals surface area contributed by atoms with Crippen molar-refractivity contribution in [2.45, 2.75) is 26.3 Å². The van der Waals surface area contributed by atoms with Crippen molar-refractivity contribution in [3.8, 4) is 0 Å². The van der Waals surface area contributed by atoms with E-state index in [1.807, 2.05) is 6.92 Å². The number of aromatic nitrogens is 2. The van der Waals surface area contributed by atoms with E-state index in [4.69, 9.17) is 11.6 Å². The molecule has 0 radical (unpaired) electrons. The van der Waals surface area contributed by atoms with Gasteiger partial charge in [0.15, 0.2) is 0 Å². The highest BCUT2D eigenvalue weighted by Crippen LogP contribution is 2.09. The first-order chi connectivity index (χ1) is 9.52. The summed E-state index contributed by atoms with van der Waals surface area (Å²) >= 11 is 5.88. The van der Waals surface area contributed by atoms with Gasteiger partial charge in [-0.15, -0.1) is 0 Å². The van der Waals surface area contributed by atoms with Gasteiger partial charge >= 0.3 is 5.69 Å². The number of halogens is 2. The Morgan fingerprint density at radius 2 is 2.10 bits per heavy atom. The van der Waals surface area contributed by atoms with Crippen LogP contribution in [0.3, 0.4) is 0 Å². The molecule has 0 aliphatic rings. The minimum atomic E-state index is -0.593. The normalized spacial score (nSPS) is 10.8. The number of nitrogens with one attached hydrogen (secondary N) is 1. The Morgan fingerprint density at radius 1 is 1.35 bits per heavy atom. The fraction of sp³-hybridized carbons (Fsp3) is 0.286. The summed E-state index contributed by atoms with van der Waals surface area (Å²) in [7, 11) is 0. The van der Waals surface area contributed by atoms with E-state index < -0.39 is 17.1 Å². The van der Waals surface area contributed by atoms with Crippen molar-refractivity contribution in [3.63, 3.8) is 0 Å². The minimum Gasteiger partial charge on any atom is -0.297 e. The Morgan fingerprint density at radius 3 is 2.75 bits per heavy atom. The molecule has 1 aromatic heterocycles. The Bertz CT molecular complexity index is 737. The highest BCUT2D eigenvalue weighted by atomic mass is 35.5. The molecule has 0 saturated carbocycles. The topological polar surface area (TPSA) is 54.9 Å². The molecule has 1 aromatic carbocycles. The smallest absolute Gasteiger partial charge is 0.297 e. The van der Waals surface area contributed by atoms with Gasteiger partial charge in [0.25, 0.3) is 5.56 Å². The average molecular weight is 297 g/mol. The Hall–Kier alpha value is -1.88. The number of hydrogen-bond acceptors (Lipinski definition) is 2. The van der Waals surface area contributed by atoms with Gasteiger partial charge in [-0.1, -0.05) is 37.1 Å². The molecule has 0 atom stereocenters. The van der Waals surface area contributed by atoms with E-state index in [0.717, 1.165) is 11.0 Å². The molecule has 0 amide bonds. The summed E-state index contributed by atoms with van der Waals surface area (Å²) in [5.41, 5.74) is -0.0958. The predicted molar refractivity (Wildman–Crippen MR) is 75.8 cm³/mol. The van der Waals surface area contributed by atoms with E-state index in [-0.39, 0.29) is 11.7 Å². The summed E-state index contributed by atoms with van der Waals surface area (Å²) in [6, 6.07) is 5.79. The number of aromatic amines is 1. The van der Waals surface area contributed by atoms with Crippen molar-refractivity contribution in [2.75, 3.05) is 0 Å². The van der Waals surface area contributed by atoms with Crippen LogP contribution >= 0.6 is 11.6 Å². The second-order valence-electron chi connectivity index (χ2n) is 4.49. The van der Waals surface area contributed by atoms with E-state index >= 15 is 0 Å². The molecule has 0 fully saturated rings. The Kier molecular flexibility index (Phi) is 4.39. The summed E-state index contributed by atoms with van der Waals surface area (Å²) in [5.74, 6) is -0.408. The molecule has 1 heterocycles. The molecule has 0 saturated heterocycles. The summed E-state index contributed by atoms with van der Waals surface area (Å²) in [6.45, 7) is 1.93. The van der Waals surface area contributed by atoms with Crippen LogP contribution < -0.4 is 11.2 Å². The highest BCUT2D eigenvalue weighted by molar-refractivity contribution is 6.30. The lowest BCUT2D eigenvalue weighted by atomic mass is 10.2. The standard InChI is InChI=1S/C14H14ClFN2O2/c1-2-4-11-12(15)17-14(20)18(13(11)19)8-9-5-3-6-10(16)7-9/h3,5-7H,2,4,8H2,1H3,(H,17,20). The molecule has 0 bridgehead atoms. The molecule has 1 N–H and O–H groups in total. The van der Waals surface area contributed by atoms with Gasteiger partial charge in [-0.05, 0) is 24.1 Å². The van der Waals surface area contributed by atoms with Crippen molar-refractivity contribution in [1.82, 2.24) is 9.55 Å². The number of rotatable bonds is 4. The zero-order chi connectivity index (χ0) is 14.7. The molecule has 0 spiro atoms. The molecular formula is C14H14ClFN2O2. The SMILES string of the molecule is CCCc1c(Cl)[nH]c(=O)n(Cc2cccc(F)c2)c1=O. The van der Waals surface area contributed by atoms with Crippen LogP contribution in [0.2, 0.25) is 5.15 Å². The first kappa shape index (κ1) is 14.5. The fourth-order valence-electron chi connectivity index (χ4n) is 2.01. The van der Waals surface area contributed by atoms with Gasteiger partial charge in [-0.25, -0.2) is 9.18 Å². The third kappa shape index (κ3) is 2.99. The molecular weight excluding hydrogens is 283 g/mol. The van der Waals surface area contributed by atoms with E-state index in [9.17, 15) is 14.0 Å². The molecule has 0 unspecified atom stereocenters. The monoisotopic (exact) mass is 296 g/mol. The van der Waals surface area contributed by atoms with E-state index in [1.165, 1.54) is 18.2 Å².